The Morgan fingerprint density at radius 2 is 1.68 bits per heavy atom. The van der Waals surface area contributed by atoms with Crippen LogP contribution in [0, 0.1) is 0 Å². The molecule has 0 amide bonds. The van der Waals surface area contributed by atoms with E-state index in [1.165, 1.54) is 5.56 Å². The molecule has 2 aromatic rings. The van der Waals surface area contributed by atoms with Crippen LogP contribution in [-0.2, 0) is 6.42 Å². The minimum absolute atomic E-state index is 0.701. The molecule has 98 valence electrons. The molecule has 19 heavy (non-hydrogen) atoms. The topological polar surface area (TPSA) is 29.1 Å². The summed E-state index contributed by atoms with van der Waals surface area (Å²) >= 11 is 5.84. The van der Waals surface area contributed by atoms with Crippen LogP contribution >= 0.6 is 11.6 Å². The molecule has 0 saturated carbocycles. The van der Waals surface area contributed by atoms with Crippen molar-refractivity contribution in [3.8, 4) is 0 Å². The van der Waals surface area contributed by atoms with Crippen molar-refractivity contribution in [1.29, 1.82) is 0 Å². The first-order valence-corrected chi connectivity index (χ1v) is 6.69. The van der Waals surface area contributed by atoms with Gasteiger partial charge >= 0.3 is 0 Å². The number of hydrogen-bond acceptors (Lipinski definition) is 2. The molecule has 0 aliphatic heterocycles. The van der Waals surface area contributed by atoms with Crippen molar-refractivity contribution < 1.29 is 4.79 Å². The first-order chi connectivity index (χ1) is 9.28. The average molecular weight is 274 g/mol. The molecule has 0 aliphatic rings. The van der Waals surface area contributed by atoms with Gasteiger partial charge in [0.05, 0.1) is 0 Å². The average Bonchev–Trinajstić information content (AvgIpc) is 2.46. The molecule has 0 aromatic heterocycles. The lowest BCUT2D eigenvalue weighted by atomic mass is 10.1. The summed E-state index contributed by atoms with van der Waals surface area (Å²) in [7, 11) is 0. The highest BCUT2D eigenvalue weighted by Gasteiger charge is 1.95. The Morgan fingerprint density at radius 3 is 2.32 bits per heavy atom. The Balaban J connectivity index is 1.74. The van der Waals surface area contributed by atoms with E-state index in [0.29, 0.717) is 5.56 Å². The van der Waals surface area contributed by atoms with Crippen molar-refractivity contribution in [2.75, 3.05) is 11.9 Å². The fourth-order valence-corrected chi connectivity index (χ4v) is 1.98. The Hall–Kier alpha value is -1.80. The minimum Gasteiger partial charge on any atom is -0.385 e. The monoisotopic (exact) mass is 273 g/mol. The number of nitrogens with one attached hydrogen (secondary N) is 1. The zero-order valence-corrected chi connectivity index (χ0v) is 11.4. The number of hydrogen-bond donors (Lipinski definition) is 1. The molecule has 0 saturated heterocycles. The summed E-state index contributed by atoms with van der Waals surface area (Å²) in [6.07, 6.45) is 2.93. The van der Waals surface area contributed by atoms with E-state index in [4.69, 9.17) is 11.6 Å². The van der Waals surface area contributed by atoms with Gasteiger partial charge in [0.1, 0.15) is 6.29 Å². The molecule has 0 radical (unpaired) electrons. The summed E-state index contributed by atoms with van der Waals surface area (Å²) in [4.78, 5) is 10.5. The Kier molecular flexibility index (Phi) is 4.99. The van der Waals surface area contributed by atoms with Crippen molar-refractivity contribution >= 4 is 23.6 Å². The molecular weight excluding hydrogens is 258 g/mol. The molecule has 0 spiro atoms. The molecule has 0 aliphatic carbocycles. The van der Waals surface area contributed by atoms with Gasteiger partial charge < -0.3 is 5.32 Å². The standard InChI is InChI=1S/C16H16ClNO/c17-15-7-3-13(4-8-15)2-1-11-18-16-9-5-14(12-19)6-10-16/h3-10,12,18H,1-2,11H2. The van der Waals surface area contributed by atoms with Gasteiger partial charge in [-0.15, -0.1) is 0 Å². The number of halogens is 1. The van der Waals surface area contributed by atoms with Crippen LogP contribution in [0.1, 0.15) is 22.3 Å². The molecule has 1 N–H and O–H groups in total. The van der Waals surface area contributed by atoms with Crippen molar-refractivity contribution in [1.82, 2.24) is 0 Å². The van der Waals surface area contributed by atoms with E-state index in [-0.39, 0.29) is 0 Å². The third kappa shape index (κ3) is 4.42. The number of carbonyl (C=O) groups excluding carboxylic acids is 1. The molecular formula is C16H16ClNO. The number of benzene rings is 2. The first kappa shape index (κ1) is 13.6. The summed E-state index contributed by atoms with van der Waals surface area (Å²) in [5.41, 5.74) is 3.04. The van der Waals surface area contributed by atoms with E-state index in [0.717, 1.165) is 36.4 Å². The lowest BCUT2D eigenvalue weighted by Gasteiger charge is -2.06. The van der Waals surface area contributed by atoms with Crippen LogP contribution in [0.5, 0.6) is 0 Å². The van der Waals surface area contributed by atoms with Crippen LogP contribution in [0.2, 0.25) is 5.02 Å². The normalized spacial score (nSPS) is 10.2. The van der Waals surface area contributed by atoms with Gasteiger partial charge in [-0.25, -0.2) is 0 Å². The maximum absolute atomic E-state index is 10.5. The zero-order valence-electron chi connectivity index (χ0n) is 10.6. The minimum atomic E-state index is 0.701. The number of carbonyl (C=O) groups is 1. The fraction of sp³-hybridized carbons (Fsp3) is 0.188. The van der Waals surface area contributed by atoms with Gasteiger partial charge in [0.15, 0.2) is 0 Å². The predicted octanol–water partition coefficient (Wildman–Crippen LogP) is 4.20. The second kappa shape index (κ2) is 6.95. The second-order valence-corrected chi connectivity index (χ2v) is 4.83. The van der Waals surface area contributed by atoms with Gasteiger partial charge in [-0.1, -0.05) is 23.7 Å². The lowest BCUT2D eigenvalue weighted by Crippen LogP contribution is -2.02. The molecule has 2 aromatic carbocycles. The SMILES string of the molecule is O=Cc1ccc(NCCCc2ccc(Cl)cc2)cc1. The van der Waals surface area contributed by atoms with E-state index in [1.807, 2.05) is 36.4 Å². The molecule has 2 nitrogen and oxygen atoms in total. The molecule has 0 unspecified atom stereocenters. The van der Waals surface area contributed by atoms with Gasteiger partial charge in [0, 0.05) is 22.8 Å². The Bertz CT molecular complexity index is 519. The van der Waals surface area contributed by atoms with Crippen LogP contribution in [0.15, 0.2) is 48.5 Å². The smallest absolute Gasteiger partial charge is 0.150 e. The van der Waals surface area contributed by atoms with Gasteiger partial charge in [-0.05, 0) is 54.8 Å². The molecule has 0 atom stereocenters. The summed E-state index contributed by atoms with van der Waals surface area (Å²) in [6, 6.07) is 15.4. The quantitative estimate of drug-likeness (QED) is 0.631. The number of anilines is 1. The second-order valence-electron chi connectivity index (χ2n) is 4.40. The summed E-state index contributed by atoms with van der Waals surface area (Å²) < 4.78 is 0. The molecule has 3 heteroatoms. The Morgan fingerprint density at radius 1 is 1.00 bits per heavy atom. The number of aryl methyl sites for hydroxylation is 1. The third-order valence-electron chi connectivity index (χ3n) is 2.93. The third-order valence-corrected chi connectivity index (χ3v) is 3.18. The van der Waals surface area contributed by atoms with Crippen LogP contribution in [0.3, 0.4) is 0 Å². The fourth-order valence-electron chi connectivity index (χ4n) is 1.86. The highest BCUT2D eigenvalue weighted by atomic mass is 35.5. The predicted molar refractivity (Wildman–Crippen MR) is 80.1 cm³/mol. The van der Waals surface area contributed by atoms with Crippen molar-refractivity contribution in [2.45, 2.75) is 12.8 Å². The molecule has 0 fully saturated rings. The van der Waals surface area contributed by atoms with E-state index in [1.54, 1.807) is 0 Å². The number of rotatable bonds is 6. The number of aldehydes is 1. The van der Waals surface area contributed by atoms with Crippen molar-refractivity contribution in [3.05, 3.63) is 64.7 Å². The van der Waals surface area contributed by atoms with Crippen LogP contribution in [-0.4, -0.2) is 12.8 Å². The maximum atomic E-state index is 10.5. The zero-order chi connectivity index (χ0) is 13.5. The van der Waals surface area contributed by atoms with Crippen LogP contribution in [0.25, 0.3) is 0 Å². The summed E-state index contributed by atoms with van der Waals surface area (Å²) in [5.74, 6) is 0. The van der Waals surface area contributed by atoms with E-state index in [9.17, 15) is 4.79 Å². The van der Waals surface area contributed by atoms with Gasteiger partial charge in [-0.2, -0.15) is 0 Å². The van der Waals surface area contributed by atoms with Gasteiger partial charge in [0.2, 0.25) is 0 Å². The summed E-state index contributed by atoms with van der Waals surface area (Å²) in [6.45, 7) is 0.906. The van der Waals surface area contributed by atoms with Crippen molar-refractivity contribution in [2.24, 2.45) is 0 Å². The largest absolute Gasteiger partial charge is 0.385 e. The highest BCUT2D eigenvalue weighted by Crippen LogP contribution is 2.12. The molecule has 0 bridgehead atoms. The Labute approximate surface area is 118 Å². The van der Waals surface area contributed by atoms with Gasteiger partial charge in [0.25, 0.3) is 0 Å². The highest BCUT2D eigenvalue weighted by molar-refractivity contribution is 6.30. The lowest BCUT2D eigenvalue weighted by molar-refractivity contribution is 0.112. The van der Waals surface area contributed by atoms with Gasteiger partial charge in [-0.3, -0.25) is 4.79 Å². The molecule has 2 rings (SSSR count). The van der Waals surface area contributed by atoms with E-state index >= 15 is 0 Å². The van der Waals surface area contributed by atoms with Crippen LogP contribution in [0.4, 0.5) is 5.69 Å². The van der Waals surface area contributed by atoms with E-state index in [2.05, 4.69) is 17.4 Å². The molecule has 0 heterocycles. The maximum Gasteiger partial charge on any atom is 0.150 e. The van der Waals surface area contributed by atoms with E-state index < -0.39 is 0 Å². The first-order valence-electron chi connectivity index (χ1n) is 6.31. The van der Waals surface area contributed by atoms with Crippen LogP contribution < -0.4 is 5.32 Å². The summed E-state index contributed by atoms with van der Waals surface area (Å²) in [5, 5.41) is 4.11. The van der Waals surface area contributed by atoms with Crippen molar-refractivity contribution in [3.63, 3.8) is 0 Å².